The van der Waals surface area contributed by atoms with E-state index >= 15 is 0 Å². The molecule has 33 heavy (non-hydrogen) atoms. The molecule has 1 aliphatic heterocycles. The van der Waals surface area contributed by atoms with E-state index in [4.69, 9.17) is 10.5 Å². The van der Waals surface area contributed by atoms with Crippen LogP contribution in [0.4, 0.5) is 5.82 Å². The van der Waals surface area contributed by atoms with E-state index in [1.165, 1.54) is 23.7 Å². The van der Waals surface area contributed by atoms with Gasteiger partial charge in [0, 0.05) is 52.9 Å². The Morgan fingerprint density at radius 1 is 1.36 bits per heavy atom. The third kappa shape index (κ3) is 5.07. The fourth-order valence-electron chi connectivity index (χ4n) is 3.89. The number of anilines is 1. The van der Waals surface area contributed by atoms with Crippen molar-refractivity contribution in [2.45, 2.75) is 25.6 Å². The highest BCUT2D eigenvalue weighted by atomic mass is 79.9. The van der Waals surface area contributed by atoms with Crippen LogP contribution in [0.2, 0.25) is 0 Å². The van der Waals surface area contributed by atoms with Gasteiger partial charge >= 0.3 is 0 Å². The standard InChI is InChI=1S/C23H24BrN5O3S/c1-14(32-2)21-23(31)28(11-15-3-5-18-19(9-15)26-13-27-22(18)25)7-8-29(21)20(30)6-4-17-10-16(24)12-33-17/h3-6,9-10,12-14,21H,7-8,11H2,1-2H3,(H2,25,26,27)/t14-,21+/m1/s1. The number of hydrogen-bond donors (Lipinski definition) is 1. The van der Waals surface area contributed by atoms with Gasteiger partial charge in [0.2, 0.25) is 11.8 Å². The summed E-state index contributed by atoms with van der Waals surface area (Å²) in [5, 5.41) is 2.73. The molecule has 3 aromatic rings. The summed E-state index contributed by atoms with van der Waals surface area (Å²) >= 11 is 4.95. The van der Waals surface area contributed by atoms with Gasteiger partial charge in [0.25, 0.3) is 0 Å². The zero-order chi connectivity index (χ0) is 23.5. The smallest absolute Gasteiger partial charge is 0.248 e. The first-order valence-electron chi connectivity index (χ1n) is 10.4. The second-order valence-electron chi connectivity index (χ2n) is 7.79. The van der Waals surface area contributed by atoms with Crippen LogP contribution >= 0.6 is 27.3 Å². The number of methoxy groups -OCH3 is 1. The summed E-state index contributed by atoms with van der Waals surface area (Å²) in [7, 11) is 1.55. The Morgan fingerprint density at radius 3 is 2.91 bits per heavy atom. The van der Waals surface area contributed by atoms with Crippen LogP contribution in [-0.2, 0) is 20.9 Å². The zero-order valence-electron chi connectivity index (χ0n) is 18.3. The number of rotatable bonds is 6. The Hall–Kier alpha value is -2.82. The van der Waals surface area contributed by atoms with Gasteiger partial charge in [-0.2, -0.15) is 0 Å². The Labute approximate surface area is 204 Å². The van der Waals surface area contributed by atoms with Gasteiger partial charge in [-0.1, -0.05) is 6.07 Å². The van der Waals surface area contributed by atoms with Gasteiger partial charge in [0.1, 0.15) is 18.2 Å². The molecule has 10 heteroatoms. The lowest BCUT2D eigenvalue weighted by Gasteiger charge is -2.42. The molecule has 1 fully saturated rings. The molecule has 0 spiro atoms. The molecule has 0 aliphatic carbocycles. The van der Waals surface area contributed by atoms with Crippen LogP contribution in [0.15, 0.2) is 46.5 Å². The minimum Gasteiger partial charge on any atom is -0.383 e. The maximum Gasteiger partial charge on any atom is 0.248 e. The zero-order valence-corrected chi connectivity index (χ0v) is 20.7. The third-order valence-electron chi connectivity index (χ3n) is 5.69. The third-order valence-corrected chi connectivity index (χ3v) is 7.35. The molecule has 8 nitrogen and oxygen atoms in total. The van der Waals surface area contributed by atoms with E-state index < -0.39 is 12.1 Å². The Balaban J connectivity index is 1.52. The molecule has 2 atom stereocenters. The number of thiophene rings is 1. The SMILES string of the molecule is CO[C@H](C)[C@H]1C(=O)N(Cc2ccc3c(N)ncnc3c2)CCN1C(=O)C=Cc1cc(Br)cs1. The molecule has 1 aliphatic rings. The first-order chi connectivity index (χ1) is 15.9. The molecule has 4 rings (SSSR count). The molecule has 172 valence electrons. The van der Waals surface area contributed by atoms with Gasteiger partial charge in [-0.15, -0.1) is 11.3 Å². The lowest BCUT2D eigenvalue weighted by Crippen LogP contribution is -2.62. The van der Waals surface area contributed by atoms with Gasteiger partial charge in [-0.05, 0) is 52.7 Å². The summed E-state index contributed by atoms with van der Waals surface area (Å²) in [6.45, 7) is 3.07. The highest BCUT2D eigenvalue weighted by molar-refractivity contribution is 9.10. The fourth-order valence-corrected chi connectivity index (χ4v) is 5.23. The fraction of sp³-hybridized carbons (Fsp3) is 0.304. The lowest BCUT2D eigenvalue weighted by molar-refractivity contribution is -0.155. The van der Waals surface area contributed by atoms with Crippen molar-refractivity contribution in [1.82, 2.24) is 19.8 Å². The van der Waals surface area contributed by atoms with E-state index in [-0.39, 0.29) is 11.8 Å². The Bertz CT molecular complexity index is 1210. The predicted octanol–water partition coefficient (Wildman–Crippen LogP) is 3.32. The van der Waals surface area contributed by atoms with Crippen LogP contribution in [0.3, 0.4) is 0 Å². The van der Waals surface area contributed by atoms with E-state index in [1.54, 1.807) is 23.0 Å². The van der Waals surface area contributed by atoms with Crippen molar-refractivity contribution in [3.05, 3.63) is 57.0 Å². The number of amides is 2. The molecule has 2 aromatic heterocycles. The van der Waals surface area contributed by atoms with E-state index in [0.29, 0.717) is 25.5 Å². The number of fused-ring (bicyclic) bond motifs is 1. The molecule has 3 heterocycles. The molecule has 0 bridgehead atoms. The van der Waals surface area contributed by atoms with Crippen molar-refractivity contribution in [3.8, 4) is 0 Å². The average Bonchev–Trinajstić information content (AvgIpc) is 3.23. The molecule has 2 N–H and O–H groups in total. The molecule has 0 saturated carbocycles. The van der Waals surface area contributed by atoms with Crippen molar-refractivity contribution in [1.29, 1.82) is 0 Å². The van der Waals surface area contributed by atoms with E-state index in [2.05, 4.69) is 25.9 Å². The number of nitrogen functional groups attached to an aromatic ring is 1. The van der Waals surface area contributed by atoms with Crippen LogP contribution in [0.1, 0.15) is 17.4 Å². The lowest BCUT2D eigenvalue weighted by atomic mass is 10.0. The molecule has 0 radical (unpaired) electrons. The van der Waals surface area contributed by atoms with Crippen LogP contribution in [0.25, 0.3) is 17.0 Å². The molecule has 0 unspecified atom stereocenters. The van der Waals surface area contributed by atoms with Gasteiger partial charge in [0.15, 0.2) is 0 Å². The van der Waals surface area contributed by atoms with E-state index in [0.717, 1.165) is 25.8 Å². The number of benzene rings is 1. The van der Waals surface area contributed by atoms with Crippen molar-refractivity contribution in [3.63, 3.8) is 0 Å². The molecule has 1 aromatic carbocycles. The quantitative estimate of drug-likeness (QED) is 0.491. The maximum absolute atomic E-state index is 13.4. The largest absolute Gasteiger partial charge is 0.383 e. The monoisotopic (exact) mass is 529 g/mol. The maximum atomic E-state index is 13.4. The van der Waals surface area contributed by atoms with E-state index in [1.807, 2.05) is 36.6 Å². The van der Waals surface area contributed by atoms with E-state index in [9.17, 15) is 9.59 Å². The van der Waals surface area contributed by atoms with Crippen LogP contribution in [0, 0.1) is 0 Å². The number of hydrogen-bond acceptors (Lipinski definition) is 7. The van der Waals surface area contributed by atoms with Crippen LogP contribution in [0.5, 0.6) is 0 Å². The number of halogens is 1. The summed E-state index contributed by atoms with van der Waals surface area (Å²) in [5.74, 6) is 0.0736. The van der Waals surface area contributed by atoms with Crippen molar-refractivity contribution >= 4 is 61.9 Å². The normalized spacial score (nSPS) is 17.8. The van der Waals surface area contributed by atoms with Gasteiger partial charge in [-0.25, -0.2) is 9.97 Å². The Morgan fingerprint density at radius 2 is 2.18 bits per heavy atom. The number of piperazine rings is 1. The predicted molar refractivity (Wildman–Crippen MR) is 132 cm³/mol. The van der Waals surface area contributed by atoms with Crippen molar-refractivity contribution in [2.24, 2.45) is 0 Å². The second kappa shape index (κ2) is 9.98. The number of aromatic nitrogens is 2. The van der Waals surface area contributed by atoms with Gasteiger partial charge < -0.3 is 20.3 Å². The summed E-state index contributed by atoms with van der Waals surface area (Å²) in [6.07, 6.45) is 4.27. The average molecular weight is 530 g/mol. The minimum atomic E-state index is -0.700. The molecule has 1 saturated heterocycles. The van der Waals surface area contributed by atoms with Gasteiger partial charge in [-0.3, -0.25) is 9.59 Å². The molecular formula is C23H24BrN5O3S. The second-order valence-corrected chi connectivity index (χ2v) is 9.65. The highest BCUT2D eigenvalue weighted by Crippen LogP contribution is 2.24. The number of nitrogens with two attached hydrogens (primary N) is 1. The first-order valence-corrected chi connectivity index (χ1v) is 12.1. The van der Waals surface area contributed by atoms with Crippen LogP contribution in [-0.4, -0.2) is 63.9 Å². The summed E-state index contributed by atoms with van der Waals surface area (Å²) < 4.78 is 6.45. The molecular weight excluding hydrogens is 506 g/mol. The summed E-state index contributed by atoms with van der Waals surface area (Å²) in [4.78, 5) is 39.0. The minimum absolute atomic E-state index is 0.140. The van der Waals surface area contributed by atoms with Crippen LogP contribution < -0.4 is 5.73 Å². The van der Waals surface area contributed by atoms with Crippen molar-refractivity contribution in [2.75, 3.05) is 25.9 Å². The first kappa shape index (κ1) is 23.3. The highest BCUT2D eigenvalue weighted by Gasteiger charge is 2.40. The number of carbonyl (C=O) groups excluding carboxylic acids is 2. The summed E-state index contributed by atoms with van der Waals surface area (Å²) in [6, 6.07) is 6.94. The summed E-state index contributed by atoms with van der Waals surface area (Å²) in [5.41, 5.74) is 7.57. The Kier molecular flexibility index (Phi) is 7.06. The van der Waals surface area contributed by atoms with Gasteiger partial charge in [0.05, 0.1) is 11.6 Å². The van der Waals surface area contributed by atoms with Crippen molar-refractivity contribution < 1.29 is 14.3 Å². The molecule has 2 amide bonds. The number of ether oxygens (including phenoxy) is 1. The number of nitrogens with zero attached hydrogens (tertiary/aromatic N) is 4. The topological polar surface area (TPSA) is 102 Å². The number of carbonyl (C=O) groups is 2.